The van der Waals surface area contributed by atoms with Gasteiger partial charge in [-0.1, -0.05) is 13.8 Å². The van der Waals surface area contributed by atoms with Crippen molar-refractivity contribution in [3.8, 4) is 17.2 Å². The van der Waals surface area contributed by atoms with E-state index >= 15 is 0 Å². The number of aromatic amines is 1. The van der Waals surface area contributed by atoms with Crippen LogP contribution in [0.1, 0.15) is 36.5 Å². The Labute approximate surface area is 191 Å². The molecule has 1 amide bonds. The number of methoxy groups -OCH3 is 3. The number of benzene rings is 1. The Hall–Kier alpha value is -2.78. The van der Waals surface area contributed by atoms with Crippen molar-refractivity contribution in [1.82, 2.24) is 14.9 Å². The molecule has 1 fully saturated rings. The Morgan fingerprint density at radius 2 is 1.88 bits per heavy atom. The topological polar surface area (TPSA) is 88.7 Å². The van der Waals surface area contributed by atoms with Crippen LogP contribution in [0.15, 0.2) is 17.5 Å². The summed E-state index contributed by atoms with van der Waals surface area (Å²) in [5, 5.41) is 6.24. The quantitative estimate of drug-likeness (QED) is 0.546. The van der Waals surface area contributed by atoms with Crippen LogP contribution >= 0.6 is 11.3 Å². The van der Waals surface area contributed by atoms with Gasteiger partial charge < -0.3 is 19.2 Å². The molecular formula is C23H30N4O4S. The minimum atomic E-state index is -0.273. The number of likely N-dealkylation sites (tertiary alicyclic amines) is 1. The minimum Gasteiger partial charge on any atom is -0.496 e. The maximum atomic E-state index is 12.9. The number of piperidine rings is 1. The van der Waals surface area contributed by atoms with Crippen LogP contribution in [0.25, 0.3) is 10.9 Å². The zero-order valence-electron chi connectivity index (χ0n) is 19.2. The SMILES string of the molecule is COc1cc(OC)c2cc(C(=O)Nc3nc(CN4CC(C)CC(C)C4)cs3)[nH]c2c1OC. The normalized spacial score (nSPS) is 19.2. The molecule has 9 heteroatoms. The van der Waals surface area contributed by atoms with Crippen LogP contribution in [0.2, 0.25) is 0 Å². The van der Waals surface area contributed by atoms with E-state index in [1.165, 1.54) is 17.8 Å². The second-order valence-electron chi connectivity index (χ2n) is 8.52. The van der Waals surface area contributed by atoms with Crippen LogP contribution in [0.5, 0.6) is 17.2 Å². The molecule has 1 saturated heterocycles. The summed E-state index contributed by atoms with van der Waals surface area (Å²) in [4.78, 5) is 23.1. The zero-order chi connectivity index (χ0) is 22.8. The molecule has 0 radical (unpaired) electrons. The van der Waals surface area contributed by atoms with E-state index < -0.39 is 0 Å². The number of H-pyrrole nitrogens is 1. The van der Waals surface area contributed by atoms with Gasteiger partial charge in [-0.05, 0) is 24.3 Å². The highest BCUT2D eigenvalue weighted by atomic mass is 32.1. The van der Waals surface area contributed by atoms with Gasteiger partial charge in [-0.2, -0.15) is 0 Å². The number of nitrogens with one attached hydrogen (secondary N) is 2. The molecular weight excluding hydrogens is 428 g/mol. The van der Waals surface area contributed by atoms with Crippen molar-refractivity contribution < 1.29 is 19.0 Å². The average molecular weight is 459 g/mol. The number of amides is 1. The van der Waals surface area contributed by atoms with E-state index in [4.69, 9.17) is 14.2 Å². The number of thiazole rings is 1. The molecule has 1 aromatic carbocycles. The number of hydrogen-bond acceptors (Lipinski definition) is 7. The van der Waals surface area contributed by atoms with Gasteiger partial charge in [-0.15, -0.1) is 11.3 Å². The number of anilines is 1. The predicted octanol–water partition coefficient (Wildman–Crippen LogP) is 4.38. The molecule has 1 aliphatic rings. The number of carbonyl (C=O) groups excluding carboxylic acids is 1. The molecule has 32 heavy (non-hydrogen) atoms. The number of aromatic nitrogens is 2. The van der Waals surface area contributed by atoms with E-state index in [0.29, 0.717) is 45.4 Å². The van der Waals surface area contributed by atoms with Crippen molar-refractivity contribution >= 4 is 33.3 Å². The highest BCUT2D eigenvalue weighted by molar-refractivity contribution is 7.14. The first-order chi connectivity index (χ1) is 15.4. The van der Waals surface area contributed by atoms with Crippen molar-refractivity contribution in [3.63, 3.8) is 0 Å². The lowest BCUT2D eigenvalue weighted by atomic mass is 9.92. The molecule has 2 atom stereocenters. The molecule has 0 spiro atoms. The predicted molar refractivity (Wildman–Crippen MR) is 126 cm³/mol. The maximum Gasteiger partial charge on any atom is 0.273 e. The van der Waals surface area contributed by atoms with Crippen LogP contribution < -0.4 is 19.5 Å². The van der Waals surface area contributed by atoms with E-state index in [1.807, 2.05) is 5.38 Å². The number of nitrogens with zero attached hydrogens (tertiary/aromatic N) is 2. The Balaban J connectivity index is 1.51. The van der Waals surface area contributed by atoms with Gasteiger partial charge in [0.15, 0.2) is 16.6 Å². The van der Waals surface area contributed by atoms with Gasteiger partial charge in [0.2, 0.25) is 0 Å². The van der Waals surface area contributed by atoms with Crippen molar-refractivity contribution in [2.24, 2.45) is 11.8 Å². The molecule has 4 rings (SSSR count). The smallest absolute Gasteiger partial charge is 0.273 e. The first-order valence-corrected chi connectivity index (χ1v) is 11.6. The highest BCUT2D eigenvalue weighted by Gasteiger charge is 2.23. The fraction of sp³-hybridized carbons (Fsp3) is 0.478. The van der Waals surface area contributed by atoms with Crippen molar-refractivity contribution in [3.05, 3.63) is 28.9 Å². The molecule has 2 N–H and O–H groups in total. The summed E-state index contributed by atoms with van der Waals surface area (Å²) in [5.41, 5.74) is 2.01. The number of carbonyl (C=O) groups is 1. The molecule has 3 aromatic rings. The Kier molecular flexibility index (Phi) is 6.57. The fourth-order valence-electron chi connectivity index (χ4n) is 4.61. The number of hydrogen-bond donors (Lipinski definition) is 2. The third-order valence-corrected chi connectivity index (χ3v) is 6.59. The molecule has 0 aliphatic carbocycles. The van der Waals surface area contributed by atoms with Gasteiger partial charge in [0.25, 0.3) is 5.91 Å². The zero-order valence-corrected chi connectivity index (χ0v) is 20.0. The first-order valence-electron chi connectivity index (χ1n) is 10.7. The standard InChI is InChI=1S/C23H30N4O4S/c1-13-6-14(2)10-27(9-13)11-15-12-32-23(24-15)26-22(28)17-7-16-18(29-3)8-19(30-4)21(31-5)20(16)25-17/h7-8,12-14,25H,6,9-11H2,1-5H3,(H,24,26,28). The summed E-state index contributed by atoms with van der Waals surface area (Å²) in [6.07, 6.45) is 1.28. The molecule has 0 bridgehead atoms. The molecule has 8 nitrogen and oxygen atoms in total. The summed E-state index contributed by atoms with van der Waals surface area (Å²) in [5.74, 6) is 2.76. The largest absolute Gasteiger partial charge is 0.496 e. The monoisotopic (exact) mass is 458 g/mol. The molecule has 2 aromatic heterocycles. The van der Waals surface area contributed by atoms with Crippen LogP contribution in [-0.2, 0) is 6.54 Å². The van der Waals surface area contributed by atoms with Gasteiger partial charge in [0.05, 0.1) is 32.5 Å². The lowest BCUT2D eigenvalue weighted by Gasteiger charge is -2.34. The number of ether oxygens (including phenoxy) is 3. The second kappa shape index (κ2) is 9.38. The van der Waals surface area contributed by atoms with Gasteiger partial charge in [0, 0.05) is 36.5 Å². The van der Waals surface area contributed by atoms with Gasteiger partial charge in [-0.3, -0.25) is 15.0 Å². The van der Waals surface area contributed by atoms with E-state index in [0.717, 1.165) is 30.7 Å². The summed E-state index contributed by atoms with van der Waals surface area (Å²) in [6, 6.07) is 3.49. The summed E-state index contributed by atoms with van der Waals surface area (Å²) < 4.78 is 16.4. The highest BCUT2D eigenvalue weighted by Crippen LogP contribution is 2.41. The van der Waals surface area contributed by atoms with E-state index in [1.54, 1.807) is 33.5 Å². The van der Waals surface area contributed by atoms with Crippen molar-refractivity contribution in [2.45, 2.75) is 26.8 Å². The second-order valence-corrected chi connectivity index (χ2v) is 9.38. The molecule has 1 aliphatic heterocycles. The van der Waals surface area contributed by atoms with Crippen LogP contribution in [0, 0.1) is 11.8 Å². The van der Waals surface area contributed by atoms with Crippen LogP contribution in [0.3, 0.4) is 0 Å². The van der Waals surface area contributed by atoms with Crippen molar-refractivity contribution in [2.75, 3.05) is 39.7 Å². The van der Waals surface area contributed by atoms with Gasteiger partial charge in [0.1, 0.15) is 11.4 Å². The van der Waals surface area contributed by atoms with Crippen molar-refractivity contribution in [1.29, 1.82) is 0 Å². The molecule has 3 heterocycles. The van der Waals surface area contributed by atoms with Gasteiger partial charge >= 0.3 is 0 Å². The van der Waals surface area contributed by atoms with E-state index in [-0.39, 0.29) is 5.91 Å². The third-order valence-electron chi connectivity index (χ3n) is 5.79. The lowest BCUT2D eigenvalue weighted by Crippen LogP contribution is -2.38. The Morgan fingerprint density at radius 3 is 2.53 bits per heavy atom. The number of rotatable bonds is 7. The fourth-order valence-corrected chi connectivity index (χ4v) is 5.31. The van der Waals surface area contributed by atoms with Gasteiger partial charge in [-0.25, -0.2) is 4.98 Å². The summed E-state index contributed by atoms with van der Waals surface area (Å²) >= 11 is 1.44. The van der Waals surface area contributed by atoms with Crippen LogP contribution in [0.4, 0.5) is 5.13 Å². The summed E-state index contributed by atoms with van der Waals surface area (Å²) in [7, 11) is 4.70. The maximum absolute atomic E-state index is 12.9. The van der Waals surface area contributed by atoms with E-state index in [9.17, 15) is 4.79 Å². The Bertz CT molecular complexity index is 1100. The lowest BCUT2D eigenvalue weighted by molar-refractivity contribution is 0.102. The molecule has 2 unspecified atom stereocenters. The summed E-state index contributed by atoms with van der Waals surface area (Å²) in [6.45, 7) is 7.59. The van der Waals surface area contributed by atoms with Crippen LogP contribution in [-0.4, -0.2) is 55.2 Å². The molecule has 0 saturated carbocycles. The number of fused-ring (bicyclic) bond motifs is 1. The molecule has 172 valence electrons. The minimum absolute atomic E-state index is 0.273. The Morgan fingerprint density at radius 1 is 1.16 bits per heavy atom. The van der Waals surface area contributed by atoms with E-state index in [2.05, 4.69) is 34.0 Å². The first kappa shape index (κ1) is 22.4. The average Bonchev–Trinajstić information content (AvgIpc) is 3.38. The third kappa shape index (κ3) is 4.54.